The van der Waals surface area contributed by atoms with Crippen LogP contribution in [0.25, 0.3) is 10.9 Å². The van der Waals surface area contributed by atoms with E-state index in [-0.39, 0.29) is 0 Å². The van der Waals surface area contributed by atoms with Crippen LogP contribution in [0.2, 0.25) is 0 Å². The van der Waals surface area contributed by atoms with E-state index in [4.69, 9.17) is 0 Å². The lowest BCUT2D eigenvalue weighted by molar-refractivity contribution is 0.211. The number of piperidine rings is 1. The van der Waals surface area contributed by atoms with Gasteiger partial charge in [0.2, 0.25) is 0 Å². The molecule has 0 amide bonds. The van der Waals surface area contributed by atoms with E-state index in [9.17, 15) is 0 Å². The number of nitrogens with one attached hydrogen (secondary N) is 2. The Balaban J connectivity index is 1.48. The van der Waals surface area contributed by atoms with Gasteiger partial charge in [-0.3, -0.25) is 10.00 Å². The van der Waals surface area contributed by atoms with Gasteiger partial charge in [0.25, 0.3) is 0 Å². The van der Waals surface area contributed by atoms with Gasteiger partial charge < -0.3 is 5.32 Å². The quantitative estimate of drug-likeness (QED) is 0.830. The number of likely N-dealkylation sites (tertiary alicyclic amines) is 1. The molecule has 0 saturated carbocycles. The third-order valence-electron chi connectivity index (χ3n) is 4.18. The Labute approximate surface area is 126 Å². The van der Waals surface area contributed by atoms with Crippen molar-refractivity contribution >= 4 is 10.9 Å². The normalized spacial score (nSPS) is 17.4. The smallest absolute Gasteiger partial charge is 0.0653 e. The number of rotatable bonds is 5. The molecule has 1 aromatic carbocycles. The van der Waals surface area contributed by atoms with Gasteiger partial charge >= 0.3 is 0 Å². The summed E-state index contributed by atoms with van der Waals surface area (Å²) in [4.78, 5) is 2.50. The minimum Gasteiger partial charge on any atom is -0.310 e. The molecular weight excluding hydrogens is 260 g/mol. The van der Waals surface area contributed by atoms with Crippen molar-refractivity contribution in [3.8, 4) is 0 Å². The Bertz CT molecular complexity index is 608. The molecule has 112 valence electrons. The molecule has 1 aliphatic rings. The van der Waals surface area contributed by atoms with Crippen molar-refractivity contribution in [2.75, 3.05) is 19.6 Å². The Hall–Kier alpha value is -1.65. The molecule has 0 atom stereocenters. The van der Waals surface area contributed by atoms with Gasteiger partial charge in [-0.1, -0.05) is 24.3 Å². The van der Waals surface area contributed by atoms with Crippen LogP contribution in [0.4, 0.5) is 0 Å². The van der Waals surface area contributed by atoms with Crippen molar-refractivity contribution in [3.05, 3.63) is 42.1 Å². The summed E-state index contributed by atoms with van der Waals surface area (Å²) in [6.07, 6.45) is 4.31. The minimum atomic E-state index is 0.629. The molecule has 2 aromatic rings. The molecule has 0 spiro atoms. The van der Waals surface area contributed by atoms with E-state index in [2.05, 4.69) is 52.1 Å². The number of aromatic nitrogens is 2. The zero-order valence-electron chi connectivity index (χ0n) is 12.7. The van der Waals surface area contributed by atoms with Crippen LogP contribution in [0.3, 0.4) is 0 Å². The van der Waals surface area contributed by atoms with Crippen molar-refractivity contribution in [1.82, 2.24) is 20.4 Å². The zero-order chi connectivity index (χ0) is 14.7. The molecule has 2 heterocycles. The van der Waals surface area contributed by atoms with E-state index in [1.807, 2.05) is 6.20 Å². The predicted molar refractivity (Wildman–Crippen MR) is 87.2 cm³/mol. The van der Waals surface area contributed by atoms with Crippen LogP contribution in [-0.2, 0) is 6.54 Å². The van der Waals surface area contributed by atoms with Gasteiger partial charge in [-0.05, 0) is 44.5 Å². The van der Waals surface area contributed by atoms with Gasteiger partial charge in [0.1, 0.15) is 0 Å². The molecule has 0 bridgehead atoms. The Morgan fingerprint density at radius 3 is 3.00 bits per heavy atom. The van der Waals surface area contributed by atoms with Crippen molar-refractivity contribution in [1.29, 1.82) is 0 Å². The van der Waals surface area contributed by atoms with Crippen molar-refractivity contribution in [2.24, 2.45) is 0 Å². The highest BCUT2D eigenvalue weighted by Gasteiger charge is 2.18. The van der Waals surface area contributed by atoms with Crippen LogP contribution >= 0.6 is 0 Å². The van der Waals surface area contributed by atoms with Crippen LogP contribution in [0.5, 0.6) is 0 Å². The first-order valence-electron chi connectivity index (χ1n) is 7.73. The molecule has 1 saturated heterocycles. The zero-order valence-corrected chi connectivity index (χ0v) is 12.7. The van der Waals surface area contributed by atoms with Gasteiger partial charge in [0.05, 0.1) is 11.7 Å². The van der Waals surface area contributed by atoms with Crippen molar-refractivity contribution in [3.63, 3.8) is 0 Å². The summed E-state index contributed by atoms with van der Waals surface area (Å²) in [5, 5.41) is 12.0. The van der Waals surface area contributed by atoms with Gasteiger partial charge in [-0.15, -0.1) is 0 Å². The predicted octanol–water partition coefficient (Wildman–Crippen LogP) is 2.69. The molecule has 4 heteroatoms. The summed E-state index contributed by atoms with van der Waals surface area (Å²) in [5.41, 5.74) is 3.69. The Morgan fingerprint density at radius 1 is 1.43 bits per heavy atom. The molecule has 1 aliphatic heterocycles. The van der Waals surface area contributed by atoms with E-state index in [0.29, 0.717) is 6.04 Å². The summed E-state index contributed by atoms with van der Waals surface area (Å²) in [6.45, 7) is 10.4. The van der Waals surface area contributed by atoms with Crippen LogP contribution in [0.1, 0.15) is 25.3 Å². The Kier molecular flexibility index (Phi) is 4.36. The fourth-order valence-corrected chi connectivity index (χ4v) is 3.03. The van der Waals surface area contributed by atoms with Gasteiger partial charge in [0.15, 0.2) is 0 Å². The second-order valence-corrected chi connectivity index (χ2v) is 6.18. The summed E-state index contributed by atoms with van der Waals surface area (Å²) in [7, 11) is 0. The van der Waals surface area contributed by atoms with Crippen LogP contribution in [-0.4, -0.2) is 40.8 Å². The molecule has 2 N–H and O–H groups in total. The monoisotopic (exact) mass is 284 g/mol. The molecular formula is C17H24N4. The van der Waals surface area contributed by atoms with Crippen LogP contribution < -0.4 is 5.32 Å². The summed E-state index contributed by atoms with van der Waals surface area (Å²) in [5.74, 6) is 0. The van der Waals surface area contributed by atoms with Gasteiger partial charge in [0, 0.05) is 24.5 Å². The molecule has 1 aromatic heterocycles. The topological polar surface area (TPSA) is 44.0 Å². The first-order valence-corrected chi connectivity index (χ1v) is 7.73. The average Bonchev–Trinajstić information content (AvgIpc) is 2.93. The van der Waals surface area contributed by atoms with E-state index < -0.39 is 0 Å². The van der Waals surface area contributed by atoms with Crippen LogP contribution in [0.15, 0.2) is 36.5 Å². The standard InChI is InChI=1S/C17H24N4/c1-13(2)12-21-7-5-16(6-8-21)18-10-14-3-4-15-11-19-20-17(15)9-14/h3-4,9,11,16,18H,1,5-8,10,12H2,2H3,(H,19,20). The average molecular weight is 284 g/mol. The van der Waals surface area contributed by atoms with E-state index in [1.54, 1.807) is 0 Å². The summed E-state index contributed by atoms with van der Waals surface area (Å²) >= 11 is 0. The maximum absolute atomic E-state index is 4.07. The molecule has 0 aliphatic carbocycles. The first kappa shape index (κ1) is 14.3. The maximum atomic E-state index is 4.07. The number of nitrogens with zero attached hydrogens (tertiary/aromatic N) is 2. The van der Waals surface area contributed by atoms with Crippen molar-refractivity contribution in [2.45, 2.75) is 32.4 Å². The molecule has 4 nitrogen and oxygen atoms in total. The van der Waals surface area contributed by atoms with Gasteiger partial charge in [-0.2, -0.15) is 5.10 Å². The number of benzene rings is 1. The largest absolute Gasteiger partial charge is 0.310 e. The van der Waals surface area contributed by atoms with Crippen molar-refractivity contribution < 1.29 is 0 Å². The molecule has 21 heavy (non-hydrogen) atoms. The Morgan fingerprint density at radius 2 is 2.24 bits per heavy atom. The first-order chi connectivity index (χ1) is 10.2. The fraction of sp³-hybridized carbons (Fsp3) is 0.471. The van der Waals surface area contributed by atoms with E-state index in [1.165, 1.54) is 42.5 Å². The fourth-order valence-electron chi connectivity index (χ4n) is 3.03. The number of fused-ring (bicyclic) bond motifs is 1. The third kappa shape index (κ3) is 3.71. The number of H-pyrrole nitrogens is 1. The van der Waals surface area contributed by atoms with E-state index in [0.717, 1.165) is 18.6 Å². The highest BCUT2D eigenvalue weighted by molar-refractivity contribution is 5.78. The third-order valence-corrected chi connectivity index (χ3v) is 4.18. The minimum absolute atomic E-state index is 0.629. The molecule has 1 fully saturated rings. The molecule has 0 radical (unpaired) electrons. The highest BCUT2D eigenvalue weighted by Crippen LogP contribution is 2.15. The number of aromatic amines is 1. The summed E-state index contributed by atoms with van der Waals surface area (Å²) < 4.78 is 0. The molecule has 0 unspecified atom stereocenters. The number of hydrogen-bond acceptors (Lipinski definition) is 3. The number of hydrogen-bond donors (Lipinski definition) is 2. The second kappa shape index (κ2) is 6.41. The lowest BCUT2D eigenvalue weighted by Crippen LogP contribution is -2.42. The molecule has 3 rings (SSSR count). The van der Waals surface area contributed by atoms with E-state index >= 15 is 0 Å². The maximum Gasteiger partial charge on any atom is 0.0653 e. The SMILES string of the molecule is C=C(C)CN1CCC(NCc2ccc3cn[nH]c3c2)CC1. The second-order valence-electron chi connectivity index (χ2n) is 6.18. The van der Waals surface area contributed by atoms with Gasteiger partial charge in [-0.25, -0.2) is 0 Å². The lowest BCUT2D eigenvalue weighted by Gasteiger charge is -2.32. The highest BCUT2D eigenvalue weighted by atomic mass is 15.1. The van der Waals surface area contributed by atoms with Crippen LogP contribution in [0, 0.1) is 0 Å². The lowest BCUT2D eigenvalue weighted by atomic mass is 10.0. The summed E-state index contributed by atoms with van der Waals surface area (Å²) in [6, 6.07) is 7.13.